The number of amides is 1. The first kappa shape index (κ1) is 19.8. The molecule has 0 fully saturated rings. The molecule has 0 radical (unpaired) electrons. The van der Waals surface area contributed by atoms with Crippen LogP contribution in [0.4, 0.5) is 0 Å². The Morgan fingerprint density at radius 1 is 1.03 bits per heavy atom. The summed E-state index contributed by atoms with van der Waals surface area (Å²) < 4.78 is 6.22. The number of para-hydroxylation sites is 1. The summed E-state index contributed by atoms with van der Waals surface area (Å²) in [6, 6.07) is 24.7. The highest BCUT2D eigenvalue weighted by Gasteiger charge is 2.13. The summed E-state index contributed by atoms with van der Waals surface area (Å²) in [5.41, 5.74) is 6.31. The van der Waals surface area contributed by atoms with E-state index in [0.717, 1.165) is 32.2 Å². The van der Waals surface area contributed by atoms with Crippen LogP contribution >= 0.6 is 15.9 Å². The van der Waals surface area contributed by atoms with Crippen LogP contribution in [0.1, 0.15) is 15.9 Å². The maximum Gasteiger partial charge on any atom is 0.272 e. The smallest absolute Gasteiger partial charge is 0.272 e. The molecule has 0 aliphatic heterocycles. The van der Waals surface area contributed by atoms with E-state index in [-0.39, 0.29) is 5.91 Å². The van der Waals surface area contributed by atoms with Crippen LogP contribution in [-0.2, 0) is 0 Å². The van der Waals surface area contributed by atoms with Crippen LogP contribution in [0.25, 0.3) is 22.2 Å². The van der Waals surface area contributed by atoms with Gasteiger partial charge in [-0.15, -0.1) is 0 Å². The van der Waals surface area contributed by atoms with Gasteiger partial charge in [-0.1, -0.05) is 64.5 Å². The van der Waals surface area contributed by atoms with Crippen molar-refractivity contribution in [3.63, 3.8) is 0 Å². The lowest BCUT2D eigenvalue weighted by molar-refractivity contribution is 0.0956. The molecule has 0 spiro atoms. The monoisotopic (exact) mass is 459 g/mol. The number of nitrogens with one attached hydrogen (secondary N) is 1. The summed E-state index contributed by atoms with van der Waals surface area (Å²) in [7, 11) is 1.59. The summed E-state index contributed by atoms with van der Waals surface area (Å²) in [6.07, 6.45) is 1.56. The Bertz CT molecular complexity index is 1240. The zero-order chi connectivity index (χ0) is 20.9. The van der Waals surface area contributed by atoms with E-state index in [4.69, 9.17) is 9.72 Å². The third-order valence-electron chi connectivity index (χ3n) is 4.59. The first-order valence-electron chi connectivity index (χ1n) is 9.28. The van der Waals surface area contributed by atoms with Gasteiger partial charge >= 0.3 is 0 Å². The lowest BCUT2D eigenvalue weighted by atomic mass is 10.0. The Balaban J connectivity index is 1.67. The Hall–Kier alpha value is -3.51. The lowest BCUT2D eigenvalue weighted by Gasteiger charge is -2.09. The molecule has 0 aliphatic rings. The molecule has 30 heavy (non-hydrogen) atoms. The number of carbonyl (C=O) groups is 1. The highest BCUT2D eigenvalue weighted by Crippen LogP contribution is 2.25. The fraction of sp³-hybridized carbons (Fsp3) is 0.0417. The first-order chi connectivity index (χ1) is 14.7. The van der Waals surface area contributed by atoms with Gasteiger partial charge in [0.25, 0.3) is 5.91 Å². The zero-order valence-electron chi connectivity index (χ0n) is 16.2. The molecule has 148 valence electrons. The number of hydrogen-bond donors (Lipinski definition) is 1. The van der Waals surface area contributed by atoms with Gasteiger partial charge in [0.2, 0.25) is 0 Å². The van der Waals surface area contributed by atoms with Crippen LogP contribution in [-0.4, -0.2) is 24.2 Å². The number of hydrazone groups is 1. The third-order valence-corrected chi connectivity index (χ3v) is 5.09. The van der Waals surface area contributed by atoms with Crippen LogP contribution in [0.5, 0.6) is 5.75 Å². The van der Waals surface area contributed by atoms with E-state index in [0.29, 0.717) is 11.3 Å². The Labute approximate surface area is 182 Å². The van der Waals surface area contributed by atoms with Crippen molar-refractivity contribution in [3.05, 3.63) is 94.5 Å². The van der Waals surface area contributed by atoms with Crippen LogP contribution < -0.4 is 10.2 Å². The van der Waals surface area contributed by atoms with Crippen molar-refractivity contribution in [2.24, 2.45) is 5.10 Å². The number of fused-ring (bicyclic) bond motifs is 1. The van der Waals surface area contributed by atoms with Gasteiger partial charge in [0.1, 0.15) is 5.75 Å². The van der Waals surface area contributed by atoms with E-state index in [1.807, 2.05) is 72.8 Å². The molecule has 0 saturated carbocycles. The summed E-state index contributed by atoms with van der Waals surface area (Å²) in [5, 5.41) is 4.90. The van der Waals surface area contributed by atoms with Gasteiger partial charge in [0.15, 0.2) is 0 Å². The first-order valence-corrected chi connectivity index (χ1v) is 10.1. The largest absolute Gasteiger partial charge is 0.496 e. The average Bonchev–Trinajstić information content (AvgIpc) is 2.79. The van der Waals surface area contributed by atoms with Crippen molar-refractivity contribution in [1.29, 1.82) is 0 Å². The number of carbonyl (C=O) groups excluding carboxylic acids is 1. The van der Waals surface area contributed by atoms with E-state index in [2.05, 4.69) is 26.5 Å². The topological polar surface area (TPSA) is 63.6 Å². The molecule has 0 atom stereocenters. The minimum Gasteiger partial charge on any atom is -0.496 e. The highest BCUT2D eigenvalue weighted by atomic mass is 79.9. The summed E-state index contributed by atoms with van der Waals surface area (Å²) >= 11 is 3.43. The maximum absolute atomic E-state index is 13.0. The molecule has 0 bridgehead atoms. The molecule has 0 unspecified atom stereocenters. The highest BCUT2D eigenvalue weighted by molar-refractivity contribution is 9.10. The molecule has 0 aliphatic carbocycles. The van der Waals surface area contributed by atoms with Gasteiger partial charge < -0.3 is 4.74 Å². The number of aromatic nitrogens is 1. The zero-order valence-corrected chi connectivity index (χ0v) is 17.8. The molecule has 1 amide bonds. The van der Waals surface area contributed by atoms with Crippen molar-refractivity contribution in [2.45, 2.75) is 0 Å². The van der Waals surface area contributed by atoms with E-state index < -0.39 is 0 Å². The number of pyridine rings is 1. The predicted molar refractivity (Wildman–Crippen MR) is 123 cm³/mol. The van der Waals surface area contributed by atoms with Gasteiger partial charge in [-0.2, -0.15) is 5.10 Å². The Morgan fingerprint density at radius 3 is 2.60 bits per heavy atom. The van der Waals surface area contributed by atoms with Crippen molar-refractivity contribution in [1.82, 2.24) is 10.4 Å². The maximum atomic E-state index is 13.0. The molecule has 1 N–H and O–H groups in total. The molecular weight excluding hydrogens is 442 g/mol. The molecule has 6 heteroatoms. The van der Waals surface area contributed by atoms with E-state index in [1.165, 1.54) is 0 Å². The molecule has 1 heterocycles. The lowest BCUT2D eigenvalue weighted by Crippen LogP contribution is -2.18. The second-order valence-electron chi connectivity index (χ2n) is 6.52. The number of methoxy groups -OCH3 is 1. The Morgan fingerprint density at radius 2 is 1.80 bits per heavy atom. The van der Waals surface area contributed by atoms with Gasteiger partial charge in [0, 0.05) is 21.0 Å². The van der Waals surface area contributed by atoms with Gasteiger partial charge in [0.05, 0.1) is 30.1 Å². The average molecular weight is 460 g/mol. The quantitative estimate of drug-likeness (QED) is 0.319. The molecule has 0 saturated heterocycles. The minimum atomic E-state index is -0.309. The van der Waals surface area contributed by atoms with Crippen LogP contribution in [0.15, 0.2) is 88.4 Å². The normalized spacial score (nSPS) is 11.0. The van der Waals surface area contributed by atoms with Gasteiger partial charge in [-0.05, 0) is 30.3 Å². The number of rotatable bonds is 5. The summed E-state index contributed by atoms with van der Waals surface area (Å²) in [6.45, 7) is 0. The second kappa shape index (κ2) is 8.88. The van der Waals surface area contributed by atoms with E-state index >= 15 is 0 Å². The van der Waals surface area contributed by atoms with Crippen molar-refractivity contribution in [2.75, 3.05) is 7.11 Å². The molecule has 4 rings (SSSR count). The number of nitrogens with zero attached hydrogens (tertiary/aromatic N) is 2. The van der Waals surface area contributed by atoms with Crippen LogP contribution in [0.3, 0.4) is 0 Å². The summed E-state index contributed by atoms with van der Waals surface area (Å²) in [4.78, 5) is 17.7. The molecule has 5 nitrogen and oxygen atoms in total. The standard InChI is InChI=1S/C24H18BrN3O2/c1-30-23-12-11-18(25)13-17(23)15-26-28-24(29)20-14-22(16-7-3-2-4-8-16)27-21-10-6-5-9-19(20)21/h2-15H,1H3,(H,28,29)/b26-15+. The van der Waals surface area contributed by atoms with Crippen LogP contribution in [0, 0.1) is 0 Å². The van der Waals surface area contributed by atoms with E-state index in [9.17, 15) is 4.79 Å². The number of hydrogen-bond acceptors (Lipinski definition) is 4. The fourth-order valence-corrected chi connectivity index (χ4v) is 3.53. The van der Waals surface area contributed by atoms with Crippen LogP contribution in [0.2, 0.25) is 0 Å². The number of benzene rings is 3. The Kier molecular flexibility index (Phi) is 5.86. The predicted octanol–water partition coefficient (Wildman–Crippen LogP) is 5.44. The SMILES string of the molecule is COc1ccc(Br)cc1/C=N/NC(=O)c1cc(-c2ccccc2)nc2ccccc12. The second-order valence-corrected chi connectivity index (χ2v) is 7.44. The molecule has 3 aromatic carbocycles. The summed E-state index contributed by atoms with van der Waals surface area (Å²) in [5.74, 6) is 0.355. The van der Waals surface area contributed by atoms with Crippen molar-refractivity contribution in [3.8, 4) is 17.0 Å². The molecule has 4 aromatic rings. The van der Waals surface area contributed by atoms with Gasteiger partial charge in [-0.25, -0.2) is 10.4 Å². The minimum absolute atomic E-state index is 0.309. The van der Waals surface area contributed by atoms with Gasteiger partial charge in [-0.3, -0.25) is 4.79 Å². The van der Waals surface area contributed by atoms with Crippen molar-refractivity contribution >= 4 is 39.0 Å². The molecular formula is C24H18BrN3O2. The molecule has 1 aromatic heterocycles. The fourth-order valence-electron chi connectivity index (χ4n) is 3.15. The van der Waals surface area contributed by atoms with Crippen molar-refractivity contribution < 1.29 is 9.53 Å². The number of halogens is 1. The third kappa shape index (κ3) is 4.23. The van der Waals surface area contributed by atoms with E-state index in [1.54, 1.807) is 19.4 Å². The number of ether oxygens (including phenoxy) is 1.